The number of hydrogen-bond acceptors (Lipinski definition) is 5. The molecule has 0 amide bonds. The van der Waals surface area contributed by atoms with Gasteiger partial charge in [-0.25, -0.2) is 14.8 Å². The molecule has 1 saturated heterocycles. The van der Waals surface area contributed by atoms with Gasteiger partial charge in [0.25, 0.3) is 0 Å². The predicted octanol–water partition coefficient (Wildman–Crippen LogP) is 2.84. The lowest BCUT2D eigenvalue weighted by Crippen LogP contribution is -2.32. The van der Waals surface area contributed by atoms with Crippen molar-refractivity contribution in [1.29, 1.82) is 0 Å². The molecule has 1 fully saturated rings. The van der Waals surface area contributed by atoms with Gasteiger partial charge < -0.3 is 10.1 Å². The molecule has 2 unspecified atom stereocenters. The molecule has 1 aromatic rings. The van der Waals surface area contributed by atoms with Gasteiger partial charge in [-0.1, -0.05) is 37.3 Å². The van der Waals surface area contributed by atoms with E-state index in [4.69, 9.17) is 14.7 Å². The van der Waals surface area contributed by atoms with Gasteiger partial charge in [0.05, 0.1) is 0 Å². The maximum absolute atomic E-state index is 13.2. The van der Waals surface area contributed by atoms with Crippen LogP contribution < -0.4 is 11.0 Å². The standard InChI is InChI=1S/C21H25N5O2/c1-2-10-25-20-17(23-18(24-20)16-9-6-11-28-16)19-22-15(13-26(19)21(25)27)12-14-7-4-3-5-8-14/h3-5,7-8,15-16,22H,2,6,9-13H2,1H3. The zero-order valence-electron chi connectivity index (χ0n) is 16.1. The number of nitrogens with one attached hydrogen (secondary N) is 1. The molecule has 2 atom stereocenters. The molecule has 1 N–H and O–H groups in total. The third-order valence-corrected chi connectivity index (χ3v) is 5.60. The van der Waals surface area contributed by atoms with Crippen LogP contribution in [0.3, 0.4) is 0 Å². The highest BCUT2D eigenvalue weighted by Crippen LogP contribution is 2.35. The maximum Gasteiger partial charge on any atom is 0.331 e. The van der Waals surface area contributed by atoms with E-state index in [1.54, 1.807) is 4.57 Å². The molecule has 0 saturated carbocycles. The van der Waals surface area contributed by atoms with E-state index in [-0.39, 0.29) is 17.8 Å². The van der Waals surface area contributed by atoms with Gasteiger partial charge in [-0.3, -0.25) is 9.13 Å². The minimum Gasteiger partial charge on any atom is -0.370 e. The van der Waals surface area contributed by atoms with Crippen molar-refractivity contribution < 1.29 is 4.74 Å². The van der Waals surface area contributed by atoms with Gasteiger partial charge in [-0.2, -0.15) is 0 Å². The molecular formula is C21H25N5O2. The average Bonchev–Trinajstić information content (AvgIpc) is 3.44. The number of hydrogen-bond donors (Lipinski definition) is 1. The van der Waals surface area contributed by atoms with Crippen molar-refractivity contribution in [1.82, 2.24) is 19.1 Å². The van der Waals surface area contributed by atoms with Crippen molar-refractivity contribution in [3.05, 3.63) is 52.2 Å². The monoisotopic (exact) mass is 379 g/mol. The summed E-state index contributed by atoms with van der Waals surface area (Å²) < 4.78 is 9.39. The Morgan fingerprint density at radius 2 is 2.11 bits per heavy atom. The van der Waals surface area contributed by atoms with Crippen LogP contribution in [0.2, 0.25) is 0 Å². The lowest BCUT2D eigenvalue weighted by molar-refractivity contribution is 0.106. The first-order valence-corrected chi connectivity index (χ1v) is 10.2. The normalized spacial score (nSPS) is 21.2. The summed E-state index contributed by atoms with van der Waals surface area (Å²) in [5.74, 6) is 2.18. The molecule has 7 heteroatoms. The molecule has 0 radical (unpaired) electrons. The van der Waals surface area contributed by atoms with Gasteiger partial charge in [-0.15, -0.1) is 0 Å². The summed E-state index contributed by atoms with van der Waals surface area (Å²) >= 11 is 0. The van der Waals surface area contributed by atoms with Gasteiger partial charge in [-0.05, 0) is 31.2 Å². The summed E-state index contributed by atoms with van der Waals surface area (Å²) in [6, 6.07) is 10.5. The number of aromatic nitrogens is 4. The first-order chi connectivity index (χ1) is 13.7. The Kier molecular flexibility index (Phi) is 4.39. The molecule has 0 bridgehead atoms. The van der Waals surface area contributed by atoms with Crippen LogP contribution in [0.4, 0.5) is 5.82 Å². The second-order valence-corrected chi connectivity index (χ2v) is 7.68. The number of nitrogens with zero attached hydrogens (tertiary/aromatic N) is 4. The van der Waals surface area contributed by atoms with Crippen LogP contribution in [-0.2, 0) is 24.2 Å². The number of rotatable bonds is 5. The molecular weight excluding hydrogens is 354 g/mol. The first-order valence-electron chi connectivity index (χ1n) is 10.2. The highest BCUT2D eigenvalue weighted by molar-refractivity contribution is 5.70. The van der Waals surface area contributed by atoms with Gasteiger partial charge in [0.2, 0.25) is 0 Å². The highest BCUT2D eigenvalue weighted by Gasteiger charge is 2.33. The van der Waals surface area contributed by atoms with Crippen LogP contribution in [0.1, 0.15) is 43.7 Å². The minimum absolute atomic E-state index is 0.00815. The molecule has 1 aromatic carbocycles. The molecule has 4 heterocycles. The van der Waals surface area contributed by atoms with E-state index < -0.39 is 0 Å². The highest BCUT2D eigenvalue weighted by atomic mass is 16.5. The molecule has 0 aromatic heterocycles. The van der Waals surface area contributed by atoms with E-state index in [1.165, 1.54) is 5.56 Å². The van der Waals surface area contributed by atoms with Crippen LogP contribution in [0.5, 0.6) is 0 Å². The summed E-state index contributed by atoms with van der Waals surface area (Å²) in [5, 5.41) is 3.55. The topological polar surface area (TPSA) is 74.0 Å². The van der Waals surface area contributed by atoms with E-state index in [9.17, 15) is 4.79 Å². The van der Waals surface area contributed by atoms with Gasteiger partial charge in [0, 0.05) is 25.7 Å². The molecule has 5 rings (SSSR count). The van der Waals surface area contributed by atoms with Gasteiger partial charge >= 0.3 is 5.69 Å². The molecule has 28 heavy (non-hydrogen) atoms. The largest absolute Gasteiger partial charge is 0.370 e. The number of anilines is 1. The molecule has 146 valence electrons. The number of ether oxygens (including phenoxy) is 1. The quantitative estimate of drug-likeness (QED) is 0.738. The van der Waals surface area contributed by atoms with Crippen LogP contribution >= 0.6 is 0 Å². The van der Waals surface area contributed by atoms with E-state index in [0.717, 1.165) is 43.8 Å². The molecule has 0 spiro atoms. The first kappa shape index (κ1) is 17.4. The van der Waals surface area contributed by atoms with Crippen molar-refractivity contribution in [2.45, 2.75) is 57.8 Å². The Morgan fingerprint density at radius 3 is 2.86 bits per heavy atom. The van der Waals surface area contributed by atoms with Crippen LogP contribution in [-0.4, -0.2) is 31.8 Å². The maximum atomic E-state index is 13.2. The Balaban J connectivity index is 1.55. The van der Waals surface area contributed by atoms with E-state index in [2.05, 4.69) is 24.4 Å². The zero-order valence-corrected chi connectivity index (χ0v) is 16.1. The summed E-state index contributed by atoms with van der Waals surface area (Å²) in [6.45, 7) is 4.11. The van der Waals surface area contributed by atoms with Crippen LogP contribution in [0, 0.1) is 0 Å². The number of fused-ring (bicyclic) bond motifs is 3. The van der Waals surface area contributed by atoms with Gasteiger partial charge in [0.15, 0.2) is 11.6 Å². The van der Waals surface area contributed by atoms with Crippen LogP contribution in [0.15, 0.2) is 35.1 Å². The Bertz CT molecular complexity index is 1000. The lowest BCUT2D eigenvalue weighted by atomic mass is 10.1. The third kappa shape index (κ3) is 2.90. The number of benzene rings is 1. The van der Waals surface area contributed by atoms with E-state index >= 15 is 0 Å². The van der Waals surface area contributed by atoms with Crippen molar-refractivity contribution >= 4 is 5.82 Å². The van der Waals surface area contributed by atoms with E-state index in [1.807, 2.05) is 22.8 Å². The Morgan fingerprint density at radius 1 is 1.25 bits per heavy atom. The Hall–Kier alpha value is -2.67. The fourth-order valence-corrected chi connectivity index (χ4v) is 4.30. The summed E-state index contributed by atoms with van der Waals surface area (Å²) in [4.78, 5) is 22.7. The molecule has 4 aliphatic heterocycles. The van der Waals surface area contributed by atoms with Crippen molar-refractivity contribution in [2.75, 3.05) is 11.9 Å². The second-order valence-electron chi connectivity index (χ2n) is 7.68. The summed E-state index contributed by atoms with van der Waals surface area (Å²) in [7, 11) is 0. The predicted molar refractivity (Wildman–Crippen MR) is 107 cm³/mol. The molecule has 4 aliphatic rings. The summed E-state index contributed by atoms with van der Waals surface area (Å²) in [5.41, 5.74) is 2.03. The third-order valence-electron chi connectivity index (χ3n) is 5.60. The fraction of sp³-hybridized carbons (Fsp3) is 0.476. The zero-order chi connectivity index (χ0) is 19.1. The van der Waals surface area contributed by atoms with Crippen molar-refractivity contribution in [3.63, 3.8) is 0 Å². The SMILES string of the molecule is CCCn1c2nc(C3CCCO3)nc-2c2n(c1=O)CC(Cc1ccccc1)N2. The van der Waals surface area contributed by atoms with Gasteiger partial charge in [0.1, 0.15) is 17.6 Å². The smallest absolute Gasteiger partial charge is 0.331 e. The van der Waals surface area contributed by atoms with Crippen molar-refractivity contribution in [3.8, 4) is 11.5 Å². The number of imidazole rings is 1. The lowest BCUT2D eigenvalue weighted by Gasteiger charge is -2.13. The second kappa shape index (κ2) is 7.05. The van der Waals surface area contributed by atoms with E-state index in [0.29, 0.717) is 24.7 Å². The summed E-state index contributed by atoms with van der Waals surface area (Å²) in [6.07, 6.45) is 3.65. The average molecular weight is 379 g/mol. The van der Waals surface area contributed by atoms with Crippen LogP contribution in [0.25, 0.3) is 11.5 Å². The Labute approximate surface area is 163 Å². The minimum atomic E-state index is -0.0558. The molecule has 0 aliphatic carbocycles. The fourth-order valence-electron chi connectivity index (χ4n) is 4.30. The molecule has 7 nitrogen and oxygen atoms in total. The van der Waals surface area contributed by atoms with Crippen molar-refractivity contribution in [2.24, 2.45) is 0 Å².